The Bertz CT molecular complexity index is 492. The number of Topliss-reactive ketones (excluding diaryl/α,β-unsaturated/α-hetero) is 1. The molecule has 1 aromatic carbocycles. The van der Waals surface area contributed by atoms with E-state index in [-0.39, 0.29) is 29.5 Å². The summed E-state index contributed by atoms with van der Waals surface area (Å²) in [5.74, 6) is -0.0605. The monoisotopic (exact) mass is 276 g/mol. The molecule has 2 aliphatic rings. The summed E-state index contributed by atoms with van der Waals surface area (Å²) in [6.45, 7) is 0.674. The Kier molecular flexibility index (Phi) is 3.88. The van der Waals surface area contributed by atoms with E-state index < -0.39 is 0 Å². The fraction of sp³-hybridized carbons (Fsp3) is 0.588. The maximum Gasteiger partial charge on any atom is 0.140 e. The Morgan fingerprint density at radius 2 is 2.05 bits per heavy atom. The first-order valence-corrected chi connectivity index (χ1v) is 7.59. The number of ether oxygens (including phenoxy) is 1. The fourth-order valence-electron chi connectivity index (χ4n) is 3.64. The molecule has 0 aromatic heterocycles. The standard InChI is InChI=1S/C17H21FO2/c18-15-6-2-1-5-13(15)11-16(19)14-7-10-20-17(12-14)8-3-4-9-17/h1-2,5-6,14H,3-4,7-12H2. The lowest BCUT2D eigenvalue weighted by Gasteiger charge is -2.37. The third kappa shape index (κ3) is 2.78. The summed E-state index contributed by atoms with van der Waals surface area (Å²) in [6, 6.07) is 6.57. The quantitative estimate of drug-likeness (QED) is 0.842. The molecule has 3 heteroatoms. The van der Waals surface area contributed by atoms with Crippen LogP contribution < -0.4 is 0 Å². The van der Waals surface area contributed by atoms with Gasteiger partial charge in [0.05, 0.1) is 5.60 Å². The average molecular weight is 276 g/mol. The van der Waals surface area contributed by atoms with E-state index in [1.165, 1.54) is 18.9 Å². The lowest BCUT2D eigenvalue weighted by Crippen LogP contribution is -2.40. The van der Waals surface area contributed by atoms with Crippen LogP contribution in [0.4, 0.5) is 4.39 Å². The number of rotatable bonds is 3. The van der Waals surface area contributed by atoms with Crippen LogP contribution in [-0.2, 0) is 16.0 Å². The van der Waals surface area contributed by atoms with Crippen molar-refractivity contribution < 1.29 is 13.9 Å². The lowest BCUT2D eigenvalue weighted by atomic mass is 9.81. The van der Waals surface area contributed by atoms with E-state index in [9.17, 15) is 9.18 Å². The van der Waals surface area contributed by atoms with E-state index in [0.717, 1.165) is 25.7 Å². The predicted octanol–water partition coefficient (Wildman–Crippen LogP) is 3.68. The van der Waals surface area contributed by atoms with Crippen LogP contribution in [0.3, 0.4) is 0 Å². The van der Waals surface area contributed by atoms with Crippen LogP contribution in [0.25, 0.3) is 0 Å². The van der Waals surface area contributed by atoms with Gasteiger partial charge in [-0.15, -0.1) is 0 Å². The van der Waals surface area contributed by atoms with Gasteiger partial charge in [-0.3, -0.25) is 4.79 Å². The first kappa shape index (κ1) is 13.7. The molecule has 1 spiro atoms. The first-order valence-electron chi connectivity index (χ1n) is 7.59. The number of benzene rings is 1. The Labute approximate surface area is 119 Å². The van der Waals surface area contributed by atoms with Crippen LogP contribution in [0.1, 0.15) is 44.1 Å². The summed E-state index contributed by atoms with van der Waals surface area (Å²) in [5, 5.41) is 0. The summed E-state index contributed by atoms with van der Waals surface area (Å²) in [7, 11) is 0. The van der Waals surface area contributed by atoms with Gasteiger partial charge in [-0.25, -0.2) is 4.39 Å². The Hall–Kier alpha value is -1.22. The highest BCUT2D eigenvalue weighted by Crippen LogP contribution is 2.42. The van der Waals surface area contributed by atoms with Crippen LogP contribution in [-0.4, -0.2) is 18.0 Å². The van der Waals surface area contributed by atoms with Crippen LogP contribution in [0.2, 0.25) is 0 Å². The zero-order valence-corrected chi connectivity index (χ0v) is 11.7. The maximum absolute atomic E-state index is 13.6. The van der Waals surface area contributed by atoms with Crippen molar-refractivity contribution in [1.29, 1.82) is 0 Å². The van der Waals surface area contributed by atoms with Gasteiger partial charge < -0.3 is 4.74 Å². The van der Waals surface area contributed by atoms with Gasteiger partial charge >= 0.3 is 0 Å². The number of hydrogen-bond donors (Lipinski definition) is 0. The highest BCUT2D eigenvalue weighted by Gasteiger charge is 2.41. The molecule has 1 saturated heterocycles. The third-order valence-electron chi connectivity index (χ3n) is 4.79. The normalized spacial score (nSPS) is 24.9. The smallest absolute Gasteiger partial charge is 0.140 e. The number of hydrogen-bond acceptors (Lipinski definition) is 2. The zero-order valence-electron chi connectivity index (χ0n) is 11.7. The molecular formula is C17H21FO2. The molecule has 0 radical (unpaired) electrons. The molecule has 1 aliphatic carbocycles. The van der Waals surface area contributed by atoms with Crippen molar-refractivity contribution in [2.75, 3.05) is 6.61 Å². The van der Waals surface area contributed by atoms with Gasteiger partial charge in [0.2, 0.25) is 0 Å². The van der Waals surface area contributed by atoms with E-state index in [0.29, 0.717) is 12.2 Å². The minimum Gasteiger partial charge on any atom is -0.375 e. The molecule has 2 fully saturated rings. The van der Waals surface area contributed by atoms with Crippen molar-refractivity contribution in [3.05, 3.63) is 35.6 Å². The SMILES string of the molecule is O=C(Cc1ccccc1F)C1CCOC2(CCCC2)C1. The van der Waals surface area contributed by atoms with Crippen LogP contribution in [0.15, 0.2) is 24.3 Å². The molecule has 3 rings (SSSR count). The highest BCUT2D eigenvalue weighted by molar-refractivity contribution is 5.83. The maximum atomic E-state index is 13.6. The summed E-state index contributed by atoms with van der Waals surface area (Å²) in [5.41, 5.74) is 0.470. The second-order valence-corrected chi connectivity index (χ2v) is 6.16. The van der Waals surface area contributed by atoms with E-state index in [4.69, 9.17) is 4.74 Å². The van der Waals surface area contributed by atoms with Crippen molar-refractivity contribution in [3.8, 4) is 0 Å². The molecule has 108 valence electrons. The Morgan fingerprint density at radius 1 is 1.30 bits per heavy atom. The zero-order chi connectivity index (χ0) is 14.0. The Balaban J connectivity index is 1.66. The molecule has 0 N–H and O–H groups in total. The summed E-state index contributed by atoms with van der Waals surface area (Å²) in [4.78, 5) is 12.4. The van der Waals surface area contributed by atoms with E-state index >= 15 is 0 Å². The van der Waals surface area contributed by atoms with E-state index in [2.05, 4.69) is 0 Å². The average Bonchev–Trinajstić information content (AvgIpc) is 2.89. The molecule has 1 aliphatic heterocycles. The number of carbonyl (C=O) groups is 1. The van der Waals surface area contributed by atoms with Crippen LogP contribution >= 0.6 is 0 Å². The van der Waals surface area contributed by atoms with Gasteiger partial charge in [0.1, 0.15) is 11.6 Å². The topological polar surface area (TPSA) is 26.3 Å². The molecule has 1 atom stereocenters. The second kappa shape index (κ2) is 5.65. The molecule has 1 saturated carbocycles. The number of carbonyl (C=O) groups excluding carboxylic acids is 1. The molecule has 2 nitrogen and oxygen atoms in total. The summed E-state index contributed by atoms with van der Waals surface area (Å²) < 4.78 is 19.6. The van der Waals surface area contributed by atoms with Gasteiger partial charge in [0.25, 0.3) is 0 Å². The molecule has 1 unspecified atom stereocenters. The second-order valence-electron chi connectivity index (χ2n) is 6.16. The Morgan fingerprint density at radius 3 is 2.80 bits per heavy atom. The summed E-state index contributed by atoms with van der Waals surface area (Å²) >= 11 is 0. The van der Waals surface area contributed by atoms with Gasteiger partial charge in [-0.1, -0.05) is 31.0 Å². The molecule has 1 heterocycles. The largest absolute Gasteiger partial charge is 0.375 e. The summed E-state index contributed by atoms with van der Waals surface area (Å²) in [6.07, 6.45) is 6.40. The van der Waals surface area contributed by atoms with Crippen LogP contribution in [0.5, 0.6) is 0 Å². The third-order valence-corrected chi connectivity index (χ3v) is 4.79. The van der Waals surface area contributed by atoms with Crippen molar-refractivity contribution in [3.63, 3.8) is 0 Å². The van der Waals surface area contributed by atoms with Crippen molar-refractivity contribution >= 4 is 5.78 Å². The van der Waals surface area contributed by atoms with Crippen molar-refractivity contribution in [1.82, 2.24) is 0 Å². The van der Waals surface area contributed by atoms with Crippen molar-refractivity contribution in [2.24, 2.45) is 5.92 Å². The number of halogens is 1. The first-order chi connectivity index (χ1) is 9.69. The number of ketones is 1. The van der Waals surface area contributed by atoms with Crippen LogP contribution in [0, 0.1) is 11.7 Å². The predicted molar refractivity (Wildman–Crippen MR) is 75.0 cm³/mol. The fourth-order valence-corrected chi connectivity index (χ4v) is 3.64. The minimum absolute atomic E-state index is 0.0430. The van der Waals surface area contributed by atoms with Gasteiger partial charge in [-0.05, 0) is 37.3 Å². The van der Waals surface area contributed by atoms with Crippen molar-refractivity contribution in [2.45, 2.75) is 50.5 Å². The molecule has 1 aromatic rings. The molecule has 0 bridgehead atoms. The molecule has 0 amide bonds. The van der Waals surface area contributed by atoms with E-state index in [1.807, 2.05) is 0 Å². The van der Waals surface area contributed by atoms with Gasteiger partial charge in [-0.2, -0.15) is 0 Å². The van der Waals surface area contributed by atoms with E-state index in [1.54, 1.807) is 18.2 Å². The van der Waals surface area contributed by atoms with Gasteiger partial charge in [0.15, 0.2) is 0 Å². The lowest BCUT2D eigenvalue weighted by molar-refractivity contribution is -0.135. The highest BCUT2D eigenvalue weighted by atomic mass is 19.1. The minimum atomic E-state index is -0.275. The molecule has 20 heavy (non-hydrogen) atoms. The molecular weight excluding hydrogens is 255 g/mol. The van der Waals surface area contributed by atoms with Gasteiger partial charge in [0, 0.05) is 18.9 Å².